The second-order valence-corrected chi connectivity index (χ2v) is 7.50. The van der Waals surface area contributed by atoms with Crippen molar-refractivity contribution in [3.63, 3.8) is 0 Å². The zero-order chi connectivity index (χ0) is 20.2. The standard InChI is InChI=1S/C20H32N2O4/c1-12(2)9-10-22(19(24)13(3)4)11-16(23)17-14(5)18(20(25)26-8)21(7)15(17)6/h12-13H,9-11H2,1-8H3. The molecule has 0 fully saturated rings. The minimum atomic E-state index is -0.470. The Balaban J connectivity index is 3.17. The Labute approximate surface area is 156 Å². The first-order valence-electron chi connectivity index (χ1n) is 9.09. The van der Waals surface area contributed by atoms with Gasteiger partial charge in [0, 0.05) is 30.8 Å². The number of carbonyl (C=O) groups excluding carboxylic acids is 3. The van der Waals surface area contributed by atoms with Crippen molar-refractivity contribution in [2.45, 2.75) is 48.0 Å². The second-order valence-electron chi connectivity index (χ2n) is 7.50. The summed E-state index contributed by atoms with van der Waals surface area (Å²) in [5, 5.41) is 0. The molecule has 0 aliphatic heterocycles. The van der Waals surface area contributed by atoms with E-state index in [4.69, 9.17) is 4.74 Å². The molecule has 1 heterocycles. The van der Waals surface area contributed by atoms with Crippen LogP contribution in [-0.4, -0.2) is 47.3 Å². The van der Waals surface area contributed by atoms with Gasteiger partial charge >= 0.3 is 5.97 Å². The summed E-state index contributed by atoms with van der Waals surface area (Å²) < 4.78 is 6.50. The molecule has 0 spiro atoms. The highest BCUT2D eigenvalue weighted by atomic mass is 16.5. The summed E-state index contributed by atoms with van der Waals surface area (Å²) in [6, 6.07) is 0. The Hall–Kier alpha value is -2.11. The van der Waals surface area contributed by atoms with Crippen molar-refractivity contribution in [1.82, 2.24) is 9.47 Å². The van der Waals surface area contributed by atoms with Crippen molar-refractivity contribution in [2.75, 3.05) is 20.2 Å². The molecular formula is C20H32N2O4. The molecule has 0 atom stereocenters. The summed E-state index contributed by atoms with van der Waals surface area (Å²) >= 11 is 0. The zero-order valence-electron chi connectivity index (χ0n) is 17.3. The monoisotopic (exact) mass is 364 g/mol. The Morgan fingerprint density at radius 2 is 1.69 bits per heavy atom. The molecule has 0 unspecified atom stereocenters. The first-order chi connectivity index (χ1) is 12.0. The van der Waals surface area contributed by atoms with Gasteiger partial charge in [0.2, 0.25) is 5.91 Å². The second kappa shape index (κ2) is 9.01. The van der Waals surface area contributed by atoms with E-state index in [0.717, 1.165) is 6.42 Å². The van der Waals surface area contributed by atoms with Gasteiger partial charge in [0.25, 0.3) is 0 Å². The minimum absolute atomic E-state index is 0.0238. The van der Waals surface area contributed by atoms with E-state index in [0.29, 0.717) is 35.0 Å². The number of hydrogen-bond donors (Lipinski definition) is 0. The molecule has 0 saturated heterocycles. The number of rotatable bonds is 8. The third-order valence-electron chi connectivity index (χ3n) is 4.70. The van der Waals surface area contributed by atoms with E-state index in [9.17, 15) is 14.4 Å². The molecule has 146 valence electrons. The number of Topliss-reactive ketones (excluding diaryl/α,β-unsaturated/α-hetero) is 1. The summed E-state index contributed by atoms with van der Waals surface area (Å²) in [5.74, 6) is -0.374. The van der Waals surface area contributed by atoms with Gasteiger partial charge < -0.3 is 14.2 Å². The lowest BCUT2D eigenvalue weighted by Crippen LogP contribution is -2.39. The molecule has 0 N–H and O–H groups in total. The number of methoxy groups -OCH3 is 1. The molecule has 1 aromatic heterocycles. The number of hydrogen-bond acceptors (Lipinski definition) is 4. The van der Waals surface area contributed by atoms with E-state index in [1.165, 1.54) is 7.11 Å². The number of aromatic nitrogens is 1. The van der Waals surface area contributed by atoms with E-state index in [1.54, 1.807) is 30.4 Å². The molecule has 1 rings (SSSR count). The van der Waals surface area contributed by atoms with Gasteiger partial charge in [-0.05, 0) is 31.7 Å². The van der Waals surface area contributed by atoms with E-state index >= 15 is 0 Å². The van der Waals surface area contributed by atoms with E-state index in [2.05, 4.69) is 13.8 Å². The molecule has 1 aromatic rings. The van der Waals surface area contributed by atoms with Gasteiger partial charge in [0.15, 0.2) is 5.78 Å². The zero-order valence-corrected chi connectivity index (χ0v) is 17.3. The molecule has 0 bridgehead atoms. The molecule has 6 nitrogen and oxygen atoms in total. The number of nitrogens with zero attached hydrogens (tertiary/aromatic N) is 2. The smallest absolute Gasteiger partial charge is 0.354 e. The summed E-state index contributed by atoms with van der Waals surface area (Å²) in [6.07, 6.45) is 0.839. The average molecular weight is 364 g/mol. The summed E-state index contributed by atoms with van der Waals surface area (Å²) in [6.45, 7) is 12.0. The van der Waals surface area contributed by atoms with E-state index in [1.807, 2.05) is 13.8 Å². The number of amides is 1. The molecule has 0 aliphatic carbocycles. The lowest BCUT2D eigenvalue weighted by molar-refractivity contribution is -0.134. The number of esters is 1. The number of ether oxygens (including phenoxy) is 1. The number of ketones is 1. The molecule has 6 heteroatoms. The van der Waals surface area contributed by atoms with Crippen LogP contribution in [0.1, 0.15) is 66.2 Å². The van der Waals surface area contributed by atoms with Crippen LogP contribution in [0.15, 0.2) is 0 Å². The van der Waals surface area contributed by atoms with Gasteiger partial charge in [-0.1, -0.05) is 27.7 Å². The van der Waals surface area contributed by atoms with Crippen LogP contribution in [0, 0.1) is 25.7 Å². The van der Waals surface area contributed by atoms with Gasteiger partial charge in [-0.2, -0.15) is 0 Å². The predicted octanol–water partition coefficient (Wildman–Crippen LogP) is 3.14. The van der Waals surface area contributed by atoms with Crippen LogP contribution in [0.2, 0.25) is 0 Å². The van der Waals surface area contributed by atoms with Gasteiger partial charge in [-0.25, -0.2) is 4.79 Å². The molecule has 0 radical (unpaired) electrons. The highest BCUT2D eigenvalue weighted by Crippen LogP contribution is 2.23. The Morgan fingerprint density at radius 3 is 2.15 bits per heavy atom. The maximum Gasteiger partial charge on any atom is 0.354 e. The maximum absolute atomic E-state index is 13.0. The van der Waals surface area contributed by atoms with Crippen LogP contribution in [0.3, 0.4) is 0 Å². The molecule has 0 aliphatic rings. The van der Waals surface area contributed by atoms with Crippen molar-refractivity contribution >= 4 is 17.7 Å². The SMILES string of the molecule is COC(=O)c1c(C)c(C(=O)CN(CCC(C)C)C(=O)C(C)C)c(C)n1C. The Morgan fingerprint density at radius 1 is 1.12 bits per heavy atom. The van der Waals surface area contributed by atoms with Gasteiger partial charge in [0.05, 0.1) is 13.7 Å². The lowest BCUT2D eigenvalue weighted by Gasteiger charge is -2.25. The largest absolute Gasteiger partial charge is 0.464 e. The summed E-state index contributed by atoms with van der Waals surface area (Å²) in [5.41, 5.74) is 2.17. The van der Waals surface area contributed by atoms with E-state index in [-0.39, 0.29) is 24.2 Å². The molecule has 1 amide bonds. The minimum Gasteiger partial charge on any atom is -0.464 e. The van der Waals surface area contributed by atoms with Crippen molar-refractivity contribution in [1.29, 1.82) is 0 Å². The molecule has 26 heavy (non-hydrogen) atoms. The van der Waals surface area contributed by atoms with Crippen LogP contribution < -0.4 is 0 Å². The quantitative estimate of drug-likeness (QED) is 0.525. The van der Waals surface area contributed by atoms with Crippen LogP contribution in [0.5, 0.6) is 0 Å². The molecule has 0 saturated carbocycles. The van der Waals surface area contributed by atoms with Crippen LogP contribution in [0.25, 0.3) is 0 Å². The maximum atomic E-state index is 13.0. The fourth-order valence-corrected chi connectivity index (χ4v) is 3.07. The van der Waals surface area contributed by atoms with Gasteiger partial charge in [-0.3, -0.25) is 9.59 Å². The van der Waals surface area contributed by atoms with Crippen molar-refractivity contribution < 1.29 is 19.1 Å². The van der Waals surface area contributed by atoms with Crippen molar-refractivity contribution in [3.05, 3.63) is 22.5 Å². The topological polar surface area (TPSA) is 68.6 Å². The molecule has 0 aromatic carbocycles. The first-order valence-corrected chi connectivity index (χ1v) is 9.09. The highest BCUT2D eigenvalue weighted by Gasteiger charge is 2.28. The van der Waals surface area contributed by atoms with Crippen LogP contribution in [0.4, 0.5) is 0 Å². The van der Waals surface area contributed by atoms with Crippen LogP contribution >= 0.6 is 0 Å². The normalized spacial score (nSPS) is 11.2. The van der Waals surface area contributed by atoms with Crippen molar-refractivity contribution in [2.24, 2.45) is 18.9 Å². The Kier molecular flexibility index (Phi) is 7.60. The Bertz CT molecular complexity index is 686. The summed E-state index contributed by atoms with van der Waals surface area (Å²) in [7, 11) is 3.06. The highest BCUT2D eigenvalue weighted by molar-refractivity contribution is 6.04. The van der Waals surface area contributed by atoms with Gasteiger partial charge in [-0.15, -0.1) is 0 Å². The third-order valence-corrected chi connectivity index (χ3v) is 4.70. The van der Waals surface area contributed by atoms with Gasteiger partial charge in [0.1, 0.15) is 5.69 Å². The van der Waals surface area contributed by atoms with E-state index < -0.39 is 5.97 Å². The third kappa shape index (κ3) is 4.74. The summed E-state index contributed by atoms with van der Waals surface area (Å²) in [4.78, 5) is 39.2. The number of carbonyl (C=O) groups is 3. The fourth-order valence-electron chi connectivity index (χ4n) is 3.07. The van der Waals surface area contributed by atoms with Crippen LogP contribution in [-0.2, 0) is 16.6 Å². The average Bonchev–Trinajstić information content (AvgIpc) is 2.79. The van der Waals surface area contributed by atoms with Crippen molar-refractivity contribution in [3.8, 4) is 0 Å². The first kappa shape index (κ1) is 21.9. The fraction of sp³-hybridized carbons (Fsp3) is 0.650. The predicted molar refractivity (Wildman–Crippen MR) is 101 cm³/mol. The lowest BCUT2D eigenvalue weighted by atomic mass is 10.0. The molecular weight excluding hydrogens is 332 g/mol.